The number of hydrogen-bond acceptors (Lipinski definition) is 2. The van der Waals surface area contributed by atoms with Gasteiger partial charge >= 0.3 is 0 Å². The van der Waals surface area contributed by atoms with Gasteiger partial charge in [-0.3, -0.25) is 0 Å². The van der Waals surface area contributed by atoms with Crippen LogP contribution in [0.25, 0.3) is 0 Å². The fraction of sp³-hybridized carbons (Fsp3) is 0.235. The van der Waals surface area contributed by atoms with Crippen LogP contribution in [0, 0.1) is 17.1 Å². The summed E-state index contributed by atoms with van der Waals surface area (Å²) in [7, 11) is 0. The van der Waals surface area contributed by atoms with E-state index in [4.69, 9.17) is 10.00 Å². The van der Waals surface area contributed by atoms with Crippen molar-refractivity contribution in [1.29, 1.82) is 5.26 Å². The Balaban J connectivity index is 1.76. The van der Waals surface area contributed by atoms with Crippen LogP contribution in [-0.2, 0) is 19.4 Å². The average molecular weight is 267 g/mol. The van der Waals surface area contributed by atoms with E-state index in [1.807, 2.05) is 18.2 Å². The minimum Gasteiger partial charge on any atom is -0.489 e. The molecule has 2 aromatic rings. The monoisotopic (exact) mass is 267 g/mol. The van der Waals surface area contributed by atoms with Crippen LogP contribution in [0.5, 0.6) is 5.75 Å². The van der Waals surface area contributed by atoms with E-state index >= 15 is 0 Å². The fourth-order valence-corrected chi connectivity index (χ4v) is 2.58. The number of nitrogens with zero attached hydrogens (tertiary/aromatic N) is 1. The van der Waals surface area contributed by atoms with Crippen LogP contribution < -0.4 is 4.74 Å². The predicted octanol–water partition coefficient (Wildman–Crippen LogP) is 3.77. The van der Waals surface area contributed by atoms with E-state index in [1.165, 1.54) is 23.6 Å². The minimum atomic E-state index is -0.490. The van der Waals surface area contributed by atoms with Gasteiger partial charge in [-0.25, -0.2) is 4.39 Å². The molecule has 0 aromatic heterocycles. The number of nitriles is 1. The second kappa shape index (κ2) is 5.34. The van der Waals surface area contributed by atoms with Gasteiger partial charge in [-0.1, -0.05) is 18.2 Å². The Bertz CT molecular complexity index is 688. The SMILES string of the molecule is N#Cc1cccc(COc2ccc3c(c2)CCC3)c1F. The van der Waals surface area contributed by atoms with Crippen molar-refractivity contribution in [3.05, 3.63) is 64.5 Å². The Morgan fingerprint density at radius 3 is 2.85 bits per heavy atom. The van der Waals surface area contributed by atoms with Crippen LogP contribution in [0.1, 0.15) is 28.7 Å². The molecule has 0 saturated heterocycles. The number of ether oxygens (including phenoxy) is 1. The molecule has 0 atom stereocenters. The Morgan fingerprint density at radius 2 is 2.00 bits per heavy atom. The lowest BCUT2D eigenvalue weighted by Gasteiger charge is -2.09. The first-order valence-electron chi connectivity index (χ1n) is 6.70. The second-order valence-electron chi connectivity index (χ2n) is 4.96. The first kappa shape index (κ1) is 12.7. The molecule has 100 valence electrons. The maximum atomic E-state index is 13.9. The van der Waals surface area contributed by atoms with Gasteiger partial charge in [0.1, 0.15) is 24.2 Å². The number of fused-ring (bicyclic) bond motifs is 1. The van der Waals surface area contributed by atoms with Gasteiger partial charge in [0.2, 0.25) is 0 Å². The third-order valence-corrected chi connectivity index (χ3v) is 3.66. The molecule has 0 heterocycles. The van der Waals surface area contributed by atoms with Gasteiger partial charge in [0.15, 0.2) is 0 Å². The molecule has 1 aliphatic carbocycles. The summed E-state index contributed by atoms with van der Waals surface area (Å²) in [5.41, 5.74) is 3.17. The Morgan fingerprint density at radius 1 is 1.15 bits per heavy atom. The summed E-state index contributed by atoms with van der Waals surface area (Å²) in [6.45, 7) is 0.139. The fourth-order valence-electron chi connectivity index (χ4n) is 2.58. The van der Waals surface area contributed by atoms with E-state index in [9.17, 15) is 4.39 Å². The first-order chi connectivity index (χ1) is 9.78. The van der Waals surface area contributed by atoms with Gasteiger partial charge in [-0.15, -0.1) is 0 Å². The van der Waals surface area contributed by atoms with Crippen LogP contribution in [0.3, 0.4) is 0 Å². The van der Waals surface area contributed by atoms with Gasteiger partial charge in [-0.05, 0) is 48.6 Å². The number of hydrogen-bond donors (Lipinski definition) is 0. The summed E-state index contributed by atoms with van der Waals surface area (Å²) in [6, 6.07) is 12.7. The standard InChI is InChI=1S/C17H14FNO/c18-17-14(10-19)5-2-6-15(17)11-20-16-8-7-12-3-1-4-13(12)9-16/h2,5-9H,1,3-4,11H2. The maximum absolute atomic E-state index is 13.9. The molecular formula is C17H14FNO. The highest BCUT2D eigenvalue weighted by Crippen LogP contribution is 2.26. The second-order valence-corrected chi connectivity index (χ2v) is 4.96. The van der Waals surface area contributed by atoms with Crippen LogP contribution >= 0.6 is 0 Å². The third kappa shape index (κ3) is 2.37. The normalized spacial score (nSPS) is 12.8. The van der Waals surface area contributed by atoms with Gasteiger partial charge < -0.3 is 4.74 Å². The molecule has 2 nitrogen and oxygen atoms in total. The highest BCUT2D eigenvalue weighted by atomic mass is 19.1. The van der Waals surface area contributed by atoms with Gasteiger partial charge in [0.05, 0.1) is 5.56 Å². The molecule has 1 aliphatic rings. The van der Waals surface area contributed by atoms with E-state index in [2.05, 4.69) is 6.07 Å². The largest absolute Gasteiger partial charge is 0.489 e. The van der Waals surface area contributed by atoms with Gasteiger partial charge in [0, 0.05) is 5.56 Å². The van der Waals surface area contributed by atoms with E-state index in [1.54, 1.807) is 12.1 Å². The molecule has 0 unspecified atom stereocenters. The number of aryl methyl sites for hydroxylation is 2. The lowest BCUT2D eigenvalue weighted by atomic mass is 10.1. The third-order valence-electron chi connectivity index (χ3n) is 3.66. The zero-order valence-electron chi connectivity index (χ0n) is 11.0. The lowest BCUT2D eigenvalue weighted by molar-refractivity contribution is 0.299. The minimum absolute atomic E-state index is 0.0556. The highest BCUT2D eigenvalue weighted by molar-refractivity contribution is 5.39. The van der Waals surface area contributed by atoms with E-state index in [0.717, 1.165) is 18.6 Å². The summed E-state index contributed by atoms with van der Waals surface area (Å²) in [4.78, 5) is 0. The summed E-state index contributed by atoms with van der Waals surface area (Å²) >= 11 is 0. The first-order valence-corrected chi connectivity index (χ1v) is 6.70. The summed E-state index contributed by atoms with van der Waals surface area (Å²) in [6.07, 6.45) is 3.41. The van der Waals surface area contributed by atoms with Crippen molar-refractivity contribution < 1.29 is 9.13 Å². The molecule has 20 heavy (non-hydrogen) atoms. The van der Waals surface area contributed by atoms with Crippen molar-refractivity contribution in [2.24, 2.45) is 0 Å². The van der Waals surface area contributed by atoms with Crippen molar-refractivity contribution in [3.63, 3.8) is 0 Å². The smallest absolute Gasteiger partial charge is 0.147 e. The van der Waals surface area contributed by atoms with E-state index in [-0.39, 0.29) is 12.2 Å². The van der Waals surface area contributed by atoms with E-state index < -0.39 is 5.82 Å². The summed E-state index contributed by atoms with van der Waals surface area (Å²) < 4.78 is 19.5. The van der Waals surface area contributed by atoms with Crippen molar-refractivity contribution in [2.75, 3.05) is 0 Å². The molecule has 0 amide bonds. The van der Waals surface area contributed by atoms with Gasteiger partial charge in [-0.2, -0.15) is 5.26 Å². The van der Waals surface area contributed by atoms with Crippen LogP contribution in [0.2, 0.25) is 0 Å². The van der Waals surface area contributed by atoms with Crippen LogP contribution in [0.15, 0.2) is 36.4 Å². The Labute approximate surface area is 117 Å². The van der Waals surface area contributed by atoms with Gasteiger partial charge in [0.25, 0.3) is 0 Å². The maximum Gasteiger partial charge on any atom is 0.147 e. The molecule has 0 fully saturated rings. The van der Waals surface area contributed by atoms with Crippen LogP contribution in [0.4, 0.5) is 4.39 Å². The van der Waals surface area contributed by atoms with Crippen molar-refractivity contribution in [2.45, 2.75) is 25.9 Å². The molecule has 3 heteroatoms. The molecule has 0 N–H and O–H groups in total. The quantitative estimate of drug-likeness (QED) is 0.848. The molecule has 3 rings (SSSR count). The lowest BCUT2D eigenvalue weighted by Crippen LogP contribution is -2.00. The molecule has 0 saturated carbocycles. The molecule has 0 aliphatic heterocycles. The highest BCUT2D eigenvalue weighted by Gasteiger charge is 2.12. The predicted molar refractivity (Wildman–Crippen MR) is 73.9 cm³/mol. The van der Waals surface area contributed by atoms with Crippen molar-refractivity contribution in [3.8, 4) is 11.8 Å². The number of halogens is 1. The average Bonchev–Trinajstić information content (AvgIpc) is 2.93. The number of benzene rings is 2. The van der Waals surface area contributed by atoms with Crippen molar-refractivity contribution >= 4 is 0 Å². The molecule has 2 aromatic carbocycles. The zero-order chi connectivity index (χ0) is 13.9. The zero-order valence-corrected chi connectivity index (χ0v) is 11.0. The van der Waals surface area contributed by atoms with E-state index in [0.29, 0.717) is 5.56 Å². The van der Waals surface area contributed by atoms with Crippen LogP contribution in [-0.4, -0.2) is 0 Å². The summed E-state index contributed by atoms with van der Waals surface area (Å²) in [5, 5.41) is 8.80. The topological polar surface area (TPSA) is 33.0 Å². The molecule has 0 bridgehead atoms. The summed E-state index contributed by atoms with van der Waals surface area (Å²) in [5.74, 6) is 0.267. The molecular weight excluding hydrogens is 253 g/mol. The molecule has 0 radical (unpaired) electrons. The van der Waals surface area contributed by atoms with Crippen molar-refractivity contribution in [1.82, 2.24) is 0 Å². The Hall–Kier alpha value is -2.34. The Kier molecular flexibility index (Phi) is 3.39. The molecule has 0 spiro atoms. The number of rotatable bonds is 3.